The third-order valence-electron chi connectivity index (χ3n) is 2.99. The highest BCUT2D eigenvalue weighted by Gasteiger charge is 2.13. The zero-order chi connectivity index (χ0) is 15.4. The maximum absolute atomic E-state index is 13.5. The fraction of sp³-hybridized carbons (Fsp3) is 0.133. The molecule has 0 spiro atoms. The Morgan fingerprint density at radius 1 is 1.19 bits per heavy atom. The zero-order valence-electron chi connectivity index (χ0n) is 11.0. The Balaban J connectivity index is 2.02. The van der Waals surface area contributed by atoms with Gasteiger partial charge in [0.15, 0.2) is 0 Å². The molecule has 21 heavy (non-hydrogen) atoms. The number of carbonyl (C=O) groups excluding carboxylic acids is 1. The fourth-order valence-electron chi connectivity index (χ4n) is 1.85. The minimum Gasteiger partial charge on any atom is -0.386 e. The highest BCUT2D eigenvalue weighted by Crippen LogP contribution is 2.19. The van der Waals surface area contributed by atoms with Crippen molar-refractivity contribution < 1.29 is 18.7 Å². The highest BCUT2D eigenvalue weighted by atomic mass is 19.1. The lowest BCUT2D eigenvalue weighted by Gasteiger charge is -2.14. The van der Waals surface area contributed by atoms with E-state index in [2.05, 4.69) is 5.32 Å². The van der Waals surface area contributed by atoms with Crippen molar-refractivity contribution in [1.29, 1.82) is 0 Å². The van der Waals surface area contributed by atoms with Crippen molar-refractivity contribution in [3.05, 3.63) is 65.2 Å². The van der Waals surface area contributed by atoms with Gasteiger partial charge in [0, 0.05) is 23.4 Å². The molecule has 0 heterocycles. The van der Waals surface area contributed by atoms with Crippen LogP contribution in [0.5, 0.6) is 0 Å². The van der Waals surface area contributed by atoms with Crippen molar-refractivity contribution in [3.63, 3.8) is 0 Å². The van der Waals surface area contributed by atoms with Crippen LogP contribution >= 0.6 is 0 Å². The average molecular weight is 292 g/mol. The summed E-state index contributed by atoms with van der Waals surface area (Å²) in [5, 5.41) is 12.8. The summed E-state index contributed by atoms with van der Waals surface area (Å²) < 4.78 is 26.5. The molecule has 2 aromatic rings. The number of amides is 1. The average Bonchev–Trinajstić information content (AvgIpc) is 2.47. The summed E-state index contributed by atoms with van der Waals surface area (Å²) >= 11 is 0. The van der Waals surface area contributed by atoms with E-state index in [1.807, 2.05) is 0 Å². The molecular formula is C15H14F2N2O2. The van der Waals surface area contributed by atoms with Gasteiger partial charge in [-0.1, -0.05) is 0 Å². The molecule has 0 aromatic heterocycles. The van der Waals surface area contributed by atoms with Gasteiger partial charge < -0.3 is 16.2 Å². The van der Waals surface area contributed by atoms with Crippen LogP contribution in [0.1, 0.15) is 22.0 Å². The Bertz CT molecular complexity index is 645. The van der Waals surface area contributed by atoms with Crippen molar-refractivity contribution in [3.8, 4) is 0 Å². The van der Waals surface area contributed by atoms with Gasteiger partial charge in [-0.3, -0.25) is 4.79 Å². The number of nitrogens with two attached hydrogens (primary N) is 1. The van der Waals surface area contributed by atoms with Gasteiger partial charge in [-0.25, -0.2) is 8.78 Å². The summed E-state index contributed by atoms with van der Waals surface area (Å²) in [4.78, 5) is 10.9. The number of nitrogens with one attached hydrogen (secondary N) is 1. The summed E-state index contributed by atoms with van der Waals surface area (Å²) in [6.07, 6.45) is -1.20. The number of hydrogen-bond donors (Lipinski definition) is 3. The Labute approximate surface area is 120 Å². The van der Waals surface area contributed by atoms with E-state index in [4.69, 9.17) is 5.73 Å². The first-order valence-corrected chi connectivity index (χ1v) is 6.24. The topological polar surface area (TPSA) is 75.4 Å². The van der Waals surface area contributed by atoms with E-state index in [9.17, 15) is 18.7 Å². The summed E-state index contributed by atoms with van der Waals surface area (Å²) in [6, 6.07) is 9.18. The smallest absolute Gasteiger partial charge is 0.248 e. The fourth-order valence-corrected chi connectivity index (χ4v) is 1.85. The third kappa shape index (κ3) is 3.76. The monoisotopic (exact) mass is 292 g/mol. The van der Waals surface area contributed by atoms with Crippen LogP contribution in [0.3, 0.4) is 0 Å². The number of rotatable bonds is 5. The van der Waals surface area contributed by atoms with Crippen LogP contribution in [0.4, 0.5) is 14.5 Å². The van der Waals surface area contributed by atoms with Crippen LogP contribution in [-0.4, -0.2) is 17.6 Å². The van der Waals surface area contributed by atoms with Gasteiger partial charge in [-0.05, 0) is 42.5 Å². The Hall–Kier alpha value is -2.47. The normalized spacial score (nSPS) is 12.0. The second-order valence-corrected chi connectivity index (χ2v) is 4.50. The van der Waals surface area contributed by atoms with Crippen molar-refractivity contribution in [2.75, 3.05) is 11.9 Å². The van der Waals surface area contributed by atoms with Crippen LogP contribution in [0, 0.1) is 11.6 Å². The number of aliphatic hydroxyl groups is 1. The standard InChI is InChI=1S/C15H14F2N2O2/c16-10-3-6-13(17)12(7-10)14(20)8-19-11-4-1-9(2-5-11)15(18)21/h1-7,14,19-20H,8H2,(H2,18,21). The molecule has 0 saturated heterocycles. The van der Waals surface area contributed by atoms with Gasteiger partial charge in [0.25, 0.3) is 0 Å². The lowest BCUT2D eigenvalue weighted by atomic mass is 10.1. The van der Waals surface area contributed by atoms with E-state index in [1.165, 1.54) is 12.1 Å². The van der Waals surface area contributed by atoms with Crippen LogP contribution in [-0.2, 0) is 0 Å². The van der Waals surface area contributed by atoms with Gasteiger partial charge in [-0.2, -0.15) is 0 Å². The maximum atomic E-state index is 13.5. The Kier molecular flexibility index (Phi) is 4.49. The Morgan fingerprint density at radius 2 is 1.86 bits per heavy atom. The summed E-state index contributed by atoms with van der Waals surface area (Å²) in [5.41, 5.74) is 5.98. The first-order valence-electron chi connectivity index (χ1n) is 6.24. The molecule has 110 valence electrons. The SMILES string of the molecule is NC(=O)c1ccc(NCC(O)c2cc(F)ccc2F)cc1. The molecule has 1 amide bonds. The predicted molar refractivity (Wildman–Crippen MR) is 74.8 cm³/mol. The molecule has 4 N–H and O–H groups in total. The van der Waals surface area contributed by atoms with Crippen molar-refractivity contribution in [2.24, 2.45) is 5.73 Å². The molecule has 0 radical (unpaired) electrons. The largest absolute Gasteiger partial charge is 0.386 e. The zero-order valence-corrected chi connectivity index (χ0v) is 11.0. The van der Waals surface area contributed by atoms with E-state index in [0.717, 1.165) is 18.2 Å². The number of benzene rings is 2. The van der Waals surface area contributed by atoms with Crippen LogP contribution < -0.4 is 11.1 Å². The number of hydrogen-bond acceptors (Lipinski definition) is 3. The lowest BCUT2D eigenvalue weighted by molar-refractivity contribution is 0.100. The Morgan fingerprint density at radius 3 is 2.48 bits per heavy atom. The lowest BCUT2D eigenvalue weighted by Crippen LogP contribution is -2.14. The van der Waals surface area contributed by atoms with E-state index in [1.54, 1.807) is 12.1 Å². The summed E-state index contributed by atoms with van der Waals surface area (Å²) in [6.45, 7) is -0.00368. The predicted octanol–water partition coefficient (Wildman–Crippen LogP) is 2.21. The number of primary amides is 1. The molecule has 0 aliphatic rings. The van der Waals surface area contributed by atoms with Gasteiger partial charge in [0.1, 0.15) is 11.6 Å². The van der Waals surface area contributed by atoms with Gasteiger partial charge in [0.05, 0.1) is 6.10 Å². The van der Waals surface area contributed by atoms with Gasteiger partial charge >= 0.3 is 0 Å². The molecule has 0 saturated carbocycles. The quantitative estimate of drug-likeness (QED) is 0.791. The van der Waals surface area contributed by atoms with E-state index >= 15 is 0 Å². The van der Waals surface area contributed by atoms with Crippen LogP contribution in [0.2, 0.25) is 0 Å². The maximum Gasteiger partial charge on any atom is 0.248 e. The summed E-state index contributed by atoms with van der Waals surface area (Å²) in [7, 11) is 0. The first kappa shape index (κ1) is 14.9. The number of halogens is 2. The van der Waals surface area contributed by atoms with Gasteiger partial charge in [-0.15, -0.1) is 0 Å². The molecule has 2 rings (SSSR count). The molecule has 2 aromatic carbocycles. The van der Waals surface area contributed by atoms with E-state index in [0.29, 0.717) is 11.3 Å². The van der Waals surface area contributed by atoms with E-state index < -0.39 is 23.6 Å². The first-order chi connectivity index (χ1) is 9.97. The molecule has 0 aliphatic carbocycles. The minimum absolute atomic E-state index is 0.00368. The molecule has 0 bridgehead atoms. The van der Waals surface area contributed by atoms with Crippen molar-refractivity contribution in [2.45, 2.75) is 6.10 Å². The molecular weight excluding hydrogens is 278 g/mol. The van der Waals surface area contributed by atoms with Crippen LogP contribution in [0.15, 0.2) is 42.5 Å². The van der Waals surface area contributed by atoms with Crippen molar-refractivity contribution in [1.82, 2.24) is 0 Å². The minimum atomic E-state index is -1.20. The van der Waals surface area contributed by atoms with E-state index in [-0.39, 0.29) is 12.1 Å². The number of carbonyl (C=O) groups is 1. The molecule has 1 unspecified atom stereocenters. The third-order valence-corrected chi connectivity index (χ3v) is 2.99. The molecule has 0 aliphatic heterocycles. The van der Waals surface area contributed by atoms with Crippen molar-refractivity contribution >= 4 is 11.6 Å². The van der Waals surface area contributed by atoms with Crippen LogP contribution in [0.25, 0.3) is 0 Å². The highest BCUT2D eigenvalue weighted by molar-refractivity contribution is 5.93. The number of aliphatic hydroxyl groups excluding tert-OH is 1. The molecule has 0 fully saturated rings. The molecule has 6 heteroatoms. The summed E-state index contributed by atoms with van der Waals surface area (Å²) in [5.74, 6) is -1.82. The second kappa shape index (κ2) is 6.32. The number of anilines is 1. The second-order valence-electron chi connectivity index (χ2n) is 4.50. The molecule has 4 nitrogen and oxygen atoms in total. The van der Waals surface area contributed by atoms with Gasteiger partial charge in [0.2, 0.25) is 5.91 Å². The molecule has 1 atom stereocenters.